The van der Waals surface area contributed by atoms with Gasteiger partial charge in [0.1, 0.15) is 11.1 Å². The molecule has 292 valence electrons. The highest BCUT2D eigenvalue weighted by Crippen LogP contribution is 2.11. The van der Waals surface area contributed by atoms with E-state index in [0.717, 1.165) is 6.54 Å². The van der Waals surface area contributed by atoms with Crippen LogP contribution >= 0.6 is 0 Å². The Labute approximate surface area is 303 Å². The molecule has 0 unspecified atom stereocenters. The fourth-order valence-electron chi connectivity index (χ4n) is 3.38. The van der Waals surface area contributed by atoms with E-state index in [2.05, 4.69) is 10.2 Å². The number of aryl methyl sites for hydroxylation is 2. The van der Waals surface area contributed by atoms with Gasteiger partial charge in [-0.2, -0.15) is 19.8 Å². The molecule has 0 saturated carbocycles. The third-order valence-corrected chi connectivity index (χ3v) is 5.26. The number of nitrogens with two attached hydrogens (primary N) is 1. The molecule has 0 bridgehead atoms. The summed E-state index contributed by atoms with van der Waals surface area (Å²) < 4.78 is 26.9. The summed E-state index contributed by atoms with van der Waals surface area (Å²) in [6.45, 7) is 14.1. The van der Waals surface area contributed by atoms with Gasteiger partial charge >= 0.3 is 36.0 Å². The molecule has 19 nitrogen and oxygen atoms in total. The fourth-order valence-corrected chi connectivity index (χ4v) is 3.38. The molecule has 3 N–H and O–H groups in total. The van der Waals surface area contributed by atoms with Crippen LogP contribution in [0.1, 0.15) is 96.6 Å². The number of H-pyrrole nitrogens is 1. The second-order valence-corrected chi connectivity index (χ2v) is 9.55. The second-order valence-electron chi connectivity index (χ2n) is 9.55. The first-order valence-corrected chi connectivity index (χ1v) is 16.1. The van der Waals surface area contributed by atoms with Crippen molar-refractivity contribution in [3.63, 3.8) is 0 Å². The average molecular weight is 742 g/mol. The Morgan fingerprint density at radius 2 is 1.23 bits per heavy atom. The fraction of sp³-hybridized carbons (Fsp3) is 0.545. The molecule has 0 fully saturated rings. The van der Waals surface area contributed by atoms with Crippen molar-refractivity contribution < 1.29 is 66.7 Å². The van der Waals surface area contributed by atoms with Crippen LogP contribution in [0.15, 0.2) is 24.2 Å². The lowest BCUT2D eigenvalue weighted by molar-refractivity contribution is -0.727. The summed E-state index contributed by atoms with van der Waals surface area (Å²) in [6.07, 6.45) is 4.83. The van der Waals surface area contributed by atoms with Crippen LogP contribution in [0, 0.1) is 0 Å². The molecule has 0 atom stereocenters. The maximum atomic E-state index is 11.6. The number of Topliss-reactive ketones (excluding diaryl/α,β-unsaturated/α-hetero) is 1. The minimum absolute atomic E-state index is 0.111. The monoisotopic (exact) mass is 741 g/mol. The van der Waals surface area contributed by atoms with Crippen molar-refractivity contribution in [3.8, 4) is 0 Å². The van der Waals surface area contributed by atoms with Crippen LogP contribution in [-0.2, 0) is 57.0 Å². The van der Waals surface area contributed by atoms with Gasteiger partial charge in [-0.3, -0.25) is 9.48 Å². The molecule has 0 radical (unpaired) electrons. The molecule has 0 aromatic carbocycles. The van der Waals surface area contributed by atoms with Crippen molar-refractivity contribution in [2.24, 2.45) is 19.8 Å². The average Bonchev–Trinajstić information content (AvgIpc) is 3.68. The molecule has 2 heterocycles. The van der Waals surface area contributed by atoms with Crippen LogP contribution in [0.5, 0.6) is 0 Å². The molecule has 2 aromatic rings. The maximum absolute atomic E-state index is 11.6. The number of ketones is 1. The minimum atomic E-state index is -0.578. The van der Waals surface area contributed by atoms with Crippen molar-refractivity contribution >= 4 is 41.8 Å². The number of aromatic nitrogens is 4. The first-order valence-electron chi connectivity index (χ1n) is 16.1. The molecule has 19 heteroatoms. The molecule has 0 aliphatic rings. The number of carbonyl (C=O) groups excluding carboxylic acids is 8. The van der Waals surface area contributed by atoms with Crippen molar-refractivity contribution in [2.75, 3.05) is 53.7 Å². The molecular formula is C33H53N6O13+. The highest BCUT2D eigenvalue weighted by molar-refractivity contribution is 6.17. The van der Waals surface area contributed by atoms with E-state index in [4.69, 9.17) is 39.0 Å². The van der Waals surface area contributed by atoms with E-state index in [-0.39, 0.29) is 73.1 Å². The Hall–Kier alpha value is -5.68. The van der Waals surface area contributed by atoms with Gasteiger partial charge in [-0.25, -0.2) is 24.0 Å². The third kappa shape index (κ3) is 20.1. The highest BCUT2D eigenvalue weighted by Gasteiger charge is 2.27. The zero-order valence-electron chi connectivity index (χ0n) is 31.9. The lowest BCUT2D eigenvalue weighted by Crippen LogP contribution is -2.29. The maximum Gasteiger partial charge on any atom is 0.373 e. The van der Waals surface area contributed by atoms with Gasteiger partial charge in [0.15, 0.2) is 24.1 Å². The summed E-state index contributed by atoms with van der Waals surface area (Å²) in [6, 6.07) is 0. The number of ether oxygens (including phenoxy) is 5. The SMILES string of the molecule is CCN.CCOC(=O)C(=CN(C)C)C(=O)CC.CCOC(=O)c1c[n+](C)[nH]c1C(=O)OCC.CCOC(=O)c1cnn(C)c1C(=O)OCC.O=C=O. The third-order valence-electron chi connectivity index (χ3n) is 5.26. The second kappa shape index (κ2) is 30.2. The Morgan fingerprint density at radius 1 is 0.808 bits per heavy atom. The highest BCUT2D eigenvalue weighted by atomic mass is 16.5. The van der Waals surface area contributed by atoms with Crippen molar-refractivity contribution in [3.05, 3.63) is 46.7 Å². The number of aromatic amines is 1. The van der Waals surface area contributed by atoms with E-state index in [0.29, 0.717) is 6.42 Å². The molecule has 2 rings (SSSR count). The molecule has 52 heavy (non-hydrogen) atoms. The van der Waals surface area contributed by atoms with Crippen LogP contribution in [-0.4, -0.2) is 115 Å². The van der Waals surface area contributed by atoms with Gasteiger partial charge in [0.25, 0.3) is 0 Å². The lowest BCUT2D eigenvalue weighted by Gasteiger charge is -2.09. The number of hydrogen-bond acceptors (Lipinski definition) is 16. The first-order chi connectivity index (χ1) is 24.6. The predicted molar refractivity (Wildman–Crippen MR) is 182 cm³/mol. The Morgan fingerprint density at radius 3 is 1.65 bits per heavy atom. The van der Waals surface area contributed by atoms with E-state index >= 15 is 0 Å². The standard InChI is InChI=1S/2C10H14N2O4.C10H17NO3.C2H7N.CO2/c1-4-15-9(13)7-6-12(3)11-8(7)10(14)16-5-2;1-4-15-9(13)7-6-11-12(3)8(7)10(14)16-5-2;1-5-9(12)8(7-11(3)4)10(13)14-6-2;1-2-3;2-1-3/h2*6H,4-5H2,1-3H3;7H,5-6H2,1-4H3;2-3H2,1H3;/p+1. The zero-order valence-corrected chi connectivity index (χ0v) is 31.9. The van der Waals surface area contributed by atoms with Gasteiger partial charge < -0.3 is 34.3 Å². The molecule has 2 aromatic heterocycles. The number of carbonyl (C=O) groups is 6. The van der Waals surface area contributed by atoms with Crippen molar-refractivity contribution in [1.82, 2.24) is 19.8 Å². The number of nitrogens with zero attached hydrogens (tertiary/aromatic N) is 4. The van der Waals surface area contributed by atoms with E-state index in [1.165, 1.54) is 28.0 Å². The van der Waals surface area contributed by atoms with Gasteiger partial charge in [0.2, 0.25) is 11.9 Å². The Kier molecular flexibility index (Phi) is 29.4. The van der Waals surface area contributed by atoms with Gasteiger partial charge in [-0.1, -0.05) is 13.8 Å². The van der Waals surface area contributed by atoms with Crippen LogP contribution < -0.4 is 10.4 Å². The summed E-state index contributed by atoms with van der Waals surface area (Å²) in [5.74, 6) is -3.00. The summed E-state index contributed by atoms with van der Waals surface area (Å²) in [5.41, 5.74) is 5.49. The summed E-state index contributed by atoms with van der Waals surface area (Å²) in [4.78, 5) is 86.7. The van der Waals surface area contributed by atoms with E-state index < -0.39 is 29.8 Å². The molecule has 0 saturated heterocycles. The molecule has 0 aliphatic heterocycles. The quantitative estimate of drug-likeness (QED) is 0.0733. The molecular weight excluding hydrogens is 688 g/mol. The Bertz CT molecular complexity index is 1410. The first kappa shape index (κ1) is 50.7. The van der Waals surface area contributed by atoms with E-state index in [1.807, 2.05) is 6.92 Å². The van der Waals surface area contributed by atoms with Crippen LogP contribution in [0.4, 0.5) is 0 Å². The predicted octanol–water partition coefficient (Wildman–Crippen LogP) is 1.32. The van der Waals surface area contributed by atoms with E-state index in [1.54, 1.807) is 74.6 Å². The molecule has 0 spiro atoms. The number of esters is 5. The van der Waals surface area contributed by atoms with Gasteiger partial charge in [0.05, 0.1) is 39.2 Å². The summed E-state index contributed by atoms with van der Waals surface area (Å²) in [5, 5.41) is 6.55. The number of rotatable bonds is 13. The number of hydrogen-bond donors (Lipinski definition) is 2. The molecule has 0 aliphatic carbocycles. The number of nitrogens with one attached hydrogen (secondary N) is 1. The summed E-state index contributed by atoms with van der Waals surface area (Å²) in [7, 11) is 6.74. The van der Waals surface area contributed by atoms with Gasteiger partial charge in [-0.05, 0) is 41.2 Å². The van der Waals surface area contributed by atoms with Gasteiger partial charge in [0, 0.05) is 33.8 Å². The summed E-state index contributed by atoms with van der Waals surface area (Å²) >= 11 is 0. The van der Waals surface area contributed by atoms with Crippen molar-refractivity contribution in [2.45, 2.75) is 54.9 Å². The van der Waals surface area contributed by atoms with Crippen molar-refractivity contribution in [1.29, 1.82) is 0 Å². The molecule has 0 amide bonds. The van der Waals surface area contributed by atoms with Crippen LogP contribution in [0.25, 0.3) is 0 Å². The lowest BCUT2D eigenvalue weighted by atomic mass is 10.1. The topological polar surface area (TPSA) is 249 Å². The van der Waals surface area contributed by atoms with Gasteiger partial charge in [-0.15, -0.1) is 4.68 Å². The normalized spacial score (nSPS) is 9.58. The van der Waals surface area contributed by atoms with Crippen LogP contribution in [0.2, 0.25) is 0 Å². The minimum Gasteiger partial charge on any atom is -0.462 e. The Balaban J connectivity index is -0.000000643. The smallest absolute Gasteiger partial charge is 0.373 e. The zero-order chi connectivity index (χ0) is 40.8. The van der Waals surface area contributed by atoms with E-state index in [9.17, 15) is 28.8 Å². The largest absolute Gasteiger partial charge is 0.462 e. The van der Waals surface area contributed by atoms with Crippen LogP contribution in [0.3, 0.4) is 0 Å².